The fourth-order valence-electron chi connectivity index (χ4n) is 1.99. The Morgan fingerprint density at radius 2 is 1.79 bits per heavy atom. The fraction of sp³-hybridized carbons (Fsp3) is 0.444. The molecule has 1 aromatic rings. The number of hydrogen-bond donors (Lipinski definition) is 1. The quantitative estimate of drug-likeness (QED) is 0.665. The molecule has 1 rings (SSSR count). The minimum absolute atomic E-state index is 0.346. The molecule has 1 unspecified atom stereocenters. The zero-order valence-electron chi connectivity index (χ0n) is 12.6. The maximum atomic E-state index is 4.09. The molecule has 1 atom stereocenters. The van der Waals surface area contributed by atoms with Crippen molar-refractivity contribution in [2.45, 2.75) is 46.1 Å². The lowest BCUT2D eigenvalue weighted by Gasteiger charge is -2.23. The van der Waals surface area contributed by atoms with Crippen LogP contribution < -0.4 is 5.32 Å². The minimum Gasteiger partial charge on any atom is -0.382 e. The van der Waals surface area contributed by atoms with Gasteiger partial charge in [0.15, 0.2) is 0 Å². The Balaban J connectivity index is 2.42. The van der Waals surface area contributed by atoms with E-state index in [2.05, 4.69) is 69.6 Å². The SMILES string of the molecule is C=C(NC(CCCc1ccccc1)C(=C)C)C(C)C. The van der Waals surface area contributed by atoms with Crippen molar-refractivity contribution in [3.8, 4) is 0 Å². The molecule has 1 N–H and O–H groups in total. The number of allylic oxidation sites excluding steroid dienone is 1. The minimum atomic E-state index is 0.346. The first kappa shape index (κ1) is 15.6. The predicted octanol–water partition coefficient (Wildman–Crippen LogP) is 4.71. The van der Waals surface area contributed by atoms with Gasteiger partial charge in [0, 0.05) is 11.7 Å². The Hall–Kier alpha value is -1.50. The van der Waals surface area contributed by atoms with Crippen LogP contribution in [0.2, 0.25) is 0 Å². The molecule has 0 aliphatic carbocycles. The summed E-state index contributed by atoms with van der Waals surface area (Å²) in [5.41, 5.74) is 3.70. The molecule has 1 aromatic carbocycles. The van der Waals surface area contributed by atoms with Crippen molar-refractivity contribution in [2.75, 3.05) is 0 Å². The predicted molar refractivity (Wildman–Crippen MR) is 85.1 cm³/mol. The van der Waals surface area contributed by atoms with Crippen molar-refractivity contribution < 1.29 is 0 Å². The Kier molecular flexibility index (Phi) is 6.41. The van der Waals surface area contributed by atoms with Crippen LogP contribution in [0.25, 0.3) is 0 Å². The van der Waals surface area contributed by atoms with Crippen LogP contribution in [0.4, 0.5) is 0 Å². The molecule has 0 heterocycles. The van der Waals surface area contributed by atoms with Crippen LogP contribution in [0.15, 0.2) is 54.8 Å². The second-order valence-electron chi connectivity index (χ2n) is 5.60. The molecule has 0 bridgehead atoms. The van der Waals surface area contributed by atoms with Gasteiger partial charge >= 0.3 is 0 Å². The van der Waals surface area contributed by atoms with Gasteiger partial charge < -0.3 is 5.32 Å². The van der Waals surface area contributed by atoms with Gasteiger partial charge in [-0.2, -0.15) is 0 Å². The van der Waals surface area contributed by atoms with Crippen LogP contribution in [-0.2, 0) is 6.42 Å². The van der Waals surface area contributed by atoms with E-state index in [1.165, 1.54) is 17.6 Å². The molecular weight excluding hydrogens is 230 g/mol. The molecule has 0 saturated heterocycles. The summed E-state index contributed by atoms with van der Waals surface area (Å²) in [6.07, 6.45) is 3.40. The van der Waals surface area contributed by atoms with Gasteiger partial charge in [-0.1, -0.05) is 62.9 Å². The van der Waals surface area contributed by atoms with E-state index in [0.717, 1.165) is 18.5 Å². The maximum Gasteiger partial charge on any atom is 0.0465 e. The third kappa shape index (κ3) is 5.78. The van der Waals surface area contributed by atoms with Crippen molar-refractivity contribution in [2.24, 2.45) is 5.92 Å². The third-order valence-electron chi connectivity index (χ3n) is 3.45. The zero-order chi connectivity index (χ0) is 14.3. The Labute approximate surface area is 118 Å². The number of aryl methyl sites for hydroxylation is 1. The lowest BCUT2D eigenvalue weighted by Crippen LogP contribution is -2.30. The Morgan fingerprint density at radius 1 is 1.16 bits per heavy atom. The highest BCUT2D eigenvalue weighted by atomic mass is 14.9. The first-order chi connectivity index (χ1) is 9.00. The van der Waals surface area contributed by atoms with Crippen LogP contribution in [0.1, 0.15) is 39.2 Å². The first-order valence-electron chi connectivity index (χ1n) is 7.15. The molecule has 104 valence electrons. The van der Waals surface area contributed by atoms with Crippen molar-refractivity contribution in [3.05, 3.63) is 60.3 Å². The van der Waals surface area contributed by atoms with Crippen LogP contribution in [0, 0.1) is 5.92 Å². The maximum absolute atomic E-state index is 4.09. The van der Waals surface area contributed by atoms with Gasteiger partial charge in [-0.3, -0.25) is 0 Å². The summed E-state index contributed by atoms with van der Waals surface area (Å²) in [6, 6.07) is 11.0. The Morgan fingerprint density at radius 3 is 2.32 bits per heavy atom. The second kappa shape index (κ2) is 7.83. The summed E-state index contributed by atoms with van der Waals surface area (Å²) in [5, 5.41) is 3.51. The molecule has 0 saturated carbocycles. The average Bonchev–Trinajstić information content (AvgIpc) is 2.38. The highest BCUT2D eigenvalue weighted by molar-refractivity contribution is 5.15. The number of benzene rings is 1. The molecule has 0 amide bonds. The van der Waals surface area contributed by atoms with Gasteiger partial charge in [0.1, 0.15) is 0 Å². The van der Waals surface area contributed by atoms with E-state index >= 15 is 0 Å². The molecule has 1 heteroatoms. The lowest BCUT2D eigenvalue weighted by atomic mass is 9.99. The largest absolute Gasteiger partial charge is 0.382 e. The van der Waals surface area contributed by atoms with E-state index in [1.54, 1.807) is 0 Å². The Bertz CT molecular complexity index is 403. The van der Waals surface area contributed by atoms with Crippen LogP contribution >= 0.6 is 0 Å². The number of hydrogen-bond acceptors (Lipinski definition) is 1. The zero-order valence-corrected chi connectivity index (χ0v) is 12.6. The van der Waals surface area contributed by atoms with Crippen molar-refractivity contribution in [3.63, 3.8) is 0 Å². The molecule has 0 fully saturated rings. The number of nitrogens with one attached hydrogen (secondary N) is 1. The first-order valence-corrected chi connectivity index (χ1v) is 7.15. The smallest absolute Gasteiger partial charge is 0.0465 e. The van der Waals surface area contributed by atoms with Crippen molar-refractivity contribution in [1.82, 2.24) is 5.32 Å². The summed E-state index contributed by atoms with van der Waals surface area (Å²) in [6.45, 7) is 14.6. The van der Waals surface area contributed by atoms with E-state index in [4.69, 9.17) is 0 Å². The summed E-state index contributed by atoms with van der Waals surface area (Å²) in [4.78, 5) is 0. The van der Waals surface area contributed by atoms with Gasteiger partial charge in [-0.25, -0.2) is 0 Å². The van der Waals surface area contributed by atoms with Gasteiger partial charge in [0.05, 0.1) is 0 Å². The summed E-state index contributed by atoms with van der Waals surface area (Å²) < 4.78 is 0. The van der Waals surface area contributed by atoms with Gasteiger partial charge in [0.2, 0.25) is 0 Å². The van der Waals surface area contributed by atoms with E-state index in [-0.39, 0.29) is 0 Å². The normalized spacial score (nSPS) is 12.2. The van der Waals surface area contributed by atoms with Crippen LogP contribution in [0.5, 0.6) is 0 Å². The average molecular weight is 257 g/mol. The van der Waals surface area contributed by atoms with Crippen LogP contribution in [0.3, 0.4) is 0 Å². The van der Waals surface area contributed by atoms with Gasteiger partial charge in [-0.05, 0) is 37.7 Å². The van der Waals surface area contributed by atoms with Gasteiger partial charge in [0.25, 0.3) is 0 Å². The van der Waals surface area contributed by atoms with Crippen molar-refractivity contribution >= 4 is 0 Å². The van der Waals surface area contributed by atoms with E-state index < -0.39 is 0 Å². The molecular formula is C18H27N. The molecule has 0 aromatic heterocycles. The molecule has 19 heavy (non-hydrogen) atoms. The molecule has 0 aliphatic heterocycles. The fourth-order valence-corrected chi connectivity index (χ4v) is 1.99. The molecule has 0 radical (unpaired) electrons. The van der Waals surface area contributed by atoms with E-state index in [9.17, 15) is 0 Å². The third-order valence-corrected chi connectivity index (χ3v) is 3.45. The molecule has 0 spiro atoms. The summed E-state index contributed by atoms with van der Waals surface area (Å²) in [7, 11) is 0. The number of rotatable bonds is 8. The lowest BCUT2D eigenvalue weighted by molar-refractivity contribution is 0.530. The summed E-state index contributed by atoms with van der Waals surface area (Å²) in [5.74, 6) is 0.468. The van der Waals surface area contributed by atoms with E-state index in [1.807, 2.05) is 0 Å². The van der Waals surface area contributed by atoms with E-state index in [0.29, 0.717) is 12.0 Å². The summed E-state index contributed by atoms with van der Waals surface area (Å²) >= 11 is 0. The van der Waals surface area contributed by atoms with Gasteiger partial charge in [-0.15, -0.1) is 0 Å². The van der Waals surface area contributed by atoms with Crippen molar-refractivity contribution in [1.29, 1.82) is 0 Å². The standard InChI is InChI=1S/C18H27N/c1-14(2)16(5)19-18(15(3)4)13-9-12-17-10-7-6-8-11-17/h6-8,10-11,14,18-19H,3,5,9,12-13H2,1-2,4H3. The second-order valence-corrected chi connectivity index (χ2v) is 5.60. The molecule has 1 nitrogen and oxygen atoms in total. The highest BCUT2D eigenvalue weighted by Crippen LogP contribution is 2.14. The van der Waals surface area contributed by atoms with Crippen LogP contribution in [-0.4, -0.2) is 6.04 Å². The highest BCUT2D eigenvalue weighted by Gasteiger charge is 2.11. The monoisotopic (exact) mass is 257 g/mol. The molecule has 0 aliphatic rings. The topological polar surface area (TPSA) is 12.0 Å².